The molecule has 0 spiro atoms. The molecule has 0 aliphatic carbocycles. The van der Waals surface area contributed by atoms with Gasteiger partial charge in [-0.15, -0.1) is 0 Å². The summed E-state index contributed by atoms with van der Waals surface area (Å²) in [6.07, 6.45) is 1.07. The smallest absolute Gasteiger partial charge is 0.330 e. The Bertz CT molecular complexity index is 459. The summed E-state index contributed by atoms with van der Waals surface area (Å²) >= 11 is 1.25. The minimum atomic E-state index is -1.03. The fourth-order valence-corrected chi connectivity index (χ4v) is 2.52. The summed E-state index contributed by atoms with van der Waals surface area (Å²) in [5, 5.41) is 9.15. The largest absolute Gasteiger partial charge is 0.478 e. The highest BCUT2D eigenvalue weighted by Crippen LogP contribution is 2.45. The number of carbonyl (C=O) groups is 1. The second-order valence-corrected chi connectivity index (χ2v) is 4.13. The van der Waals surface area contributed by atoms with Gasteiger partial charge in [-0.25, -0.2) is 9.18 Å². The molecule has 1 N–H and O–H groups in total. The van der Waals surface area contributed by atoms with Gasteiger partial charge in [0, 0.05) is 11.9 Å². The van der Waals surface area contributed by atoms with E-state index >= 15 is 0 Å². The van der Waals surface area contributed by atoms with Crippen LogP contribution < -0.4 is 4.90 Å². The molecule has 0 saturated heterocycles. The lowest BCUT2D eigenvalue weighted by atomic mass is 10.3. The number of carboxylic acids is 1. The first-order valence-electron chi connectivity index (χ1n) is 4.24. The minimum absolute atomic E-state index is 0.337. The Labute approximate surface area is 90.2 Å². The Morgan fingerprint density at radius 3 is 2.93 bits per heavy atom. The molecule has 1 aliphatic heterocycles. The lowest BCUT2D eigenvalue weighted by Crippen LogP contribution is -2.12. The average molecular weight is 225 g/mol. The second-order valence-electron chi connectivity index (χ2n) is 3.07. The number of hydrogen-bond donors (Lipinski definition) is 1. The third kappa shape index (κ3) is 1.70. The summed E-state index contributed by atoms with van der Waals surface area (Å²) in [5.41, 5.74) is 0.440. The van der Waals surface area contributed by atoms with E-state index in [0.29, 0.717) is 10.7 Å². The van der Waals surface area contributed by atoms with Gasteiger partial charge in [0.2, 0.25) is 0 Å². The maximum Gasteiger partial charge on any atom is 0.330 e. The van der Waals surface area contributed by atoms with Crippen LogP contribution in [0.2, 0.25) is 0 Å². The Morgan fingerprint density at radius 1 is 1.60 bits per heavy atom. The molecule has 0 aromatic heterocycles. The monoisotopic (exact) mass is 225 g/mol. The Balaban J connectivity index is 2.46. The number of hydrogen-bond acceptors (Lipinski definition) is 3. The van der Waals surface area contributed by atoms with Crippen LogP contribution in [0.3, 0.4) is 0 Å². The van der Waals surface area contributed by atoms with Gasteiger partial charge in [0.1, 0.15) is 5.82 Å². The van der Waals surface area contributed by atoms with E-state index in [2.05, 4.69) is 0 Å². The van der Waals surface area contributed by atoms with Crippen LogP contribution in [-0.2, 0) is 4.79 Å². The molecule has 3 nitrogen and oxygen atoms in total. The van der Waals surface area contributed by atoms with Crippen LogP contribution in [-0.4, -0.2) is 18.1 Å². The van der Waals surface area contributed by atoms with Crippen LogP contribution in [0, 0.1) is 5.82 Å². The molecular formula is C10H8FNO2S. The molecule has 0 fully saturated rings. The molecule has 0 atom stereocenters. The number of para-hydroxylation sites is 1. The number of fused-ring (bicyclic) bond motifs is 1. The van der Waals surface area contributed by atoms with E-state index in [1.807, 2.05) is 0 Å². The Kier molecular flexibility index (Phi) is 2.40. The maximum atomic E-state index is 13.4. The summed E-state index contributed by atoms with van der Waals surface area (Å²) in [7, 11) is 1.65. The minimum Gasteiger partial charge on any atom is -0.478 e. The third-order valence-corrected chi connectivity index (χ3v) is 3.23. The molecule has 0 amide bonds. The molecule has 2 rings (SSSR count). The lowest BCUT2D eigenvalue weighted by Gasteiger charge is -2.12. The predicted molar refractivity (Wildman–Crippen MR) is 56.4 cm³/mol. The highest BCUT2D eigenvalue weighted by molar-refractivity contribution is 8.03. The van der Waals surface area contributed by atoms with Crippen molar-refractivity contribution in [1.82, 2.24) is 0 Å². The topological polar surface area (TPSA) is 40.5 Å². The molecule has 0 saturated carbocycles. The molecule has 1 aromatic carbocycles. The van der Waals surface area contributed by atoms with Crippen molar-refractivity contribution < 1.29 is 14.3 Å². The first kappa shape index (κ1) is 10.0. The van der Waals surface area contributed by atoms with Crippen molar-refractivity contribution in [2.75, 3.05) is 11.9 Å². The Hall–Kier alpha value is -1.49. The Morgan fingerprint density at radius 2 is 2.33 bits per heavy atom. The molecule has 0 bridgehead atoms. The molecule has 78 valence electrons. The lowest BCUT2D eigenvalue weighted by molar-refractivity contribution is -0.131. The molecular weight excluding hydrogens is 217 g/mol. The number of carboxylic acid groups (broad SMARTS) is 1. The molecule has 0 radical (unpaired) electrons. The molecule has 5 heteroatoms. The number of thioether (sulfide) groups is 1. The number of benzene rings is 1. The summed E-state index contributed by atoms with van der Waals surface area (Å²) in [4.78, 5) is 12.8. The fourth-order valence-electron chi connectivity index (χ4n) is 1.43. The van der Waals surface area contributed by atoms with Crippen molar-refractivity contribution in [3.63, 3.8) is 0 Å². The van der Waals surface area contributed by atoms with Crippen molar-refractivity contribution in [1.29, 1.82) is 0 Å². The summed E-state index contributed by atoms with van der Waals surface area (Å²) < 4.78 is 13.4. The highest BCUT2D eigenvalue weighted by atomic mass is 32.2. The van der Waals surface area contributed by atoms with Crippen molar-refractivity contribution in [3.8, 4) is 0 Å². The van der Waals surface area contributed by atoms with Crippen molar-refractivity contribution in [2.45, 2.75) is 4.90 Å². The van der Waals surface area contributed by atoms with Gasteiger partial charge in [0.05, 0.1) is 16.8 Å². The van der Waals surface area contributed by atoms with E-state index in [-0.39, 0.29) is 5.82 Å². The normalized spacial score (nSPS) is 16.9. The number of rotatable bonds is 1. The van der Waals surface area contributed by atoms with Gasteiger partial charge < -0.3 is 10.0 Å². The first-order valence-corrected chi connectivity index (χ1v) is 5.06. The van der Waals surface area contributed by atoms with Crippen molar-refractivity contribution in [3.05, 3.63) is 35.1 Å². The van der Waals surface area contributed by atoms with E-state index in [9.17, 15) is 9.18 Å². The van der Waals surface area contributed by atoms with Crippen LogP contribution in [0.15, 0.2) is 34.2 Å². The van der Waals surface area contributed by atoms with Crippen LogP contribution in [0.4, 0.5) is 10.1 Å². The average Bonchev–Trinajstić information content (AvgIpc) is 2.44. The zero-order chi connectivity index (χ0) is 11.0. The zero-order valence-corrected chi connectivity index (χ0v) is 8.71. The predicted octanol–water partition coefficient (Wildman–Crippen LogP) is 2.29. The van der Waals surface area contributed by atoms with Crippen molar-refractivity contribution in [2.24, 2.45) is 0 Å². The summed E-state index contributed by atoms with van der Waals surface area (Å²) in [5.74, 6) is -1.37. The second kappa shape index (κ2) is 3.58. The van der Waals surface area contributed by atoms with Gasteiger partial charge >= 0.3 is 5.97 Å². The highest BCUT2D eigenvalue weighted by Gasteiger charge is 2.25. The van der Waals surface area contributed by atoms with E-state index < -0.39 is 5.97 Å². The quantitative estimate of drug-likeness (QED) is 0.744. The van der Waals surface area contributed by atoms with Crippen LogP contribution in [0.25, 0.3) is 0 Å². The molecule has 1 aromatic rings. The van der Waals surface area contributed by atoms with E-state index in [1.54, 1.807) is 24.1 Å². The summed E-state index contributed by atoms with van der Waals surface area (Å²) in [6, 6.07) is 4.74. The number of nitrogens with zero attached hydrogens (tertiary/aromatic N) is 1. The van der Waals surface area contributed by atoms with Gasteiger partial charge in [-0.3, -0.25) is 0 Å². The molecule has 0 unspecified atom stereocenters. The summed E-state index contributed by atoms with van der Waals surface area (Å²) in [6.45, 7) is 0. The van der Waals surface area contributed by atoms with Gasteiger partial charge in [-0.1, -0.05) is 17.8 Å². The van der Waals surface area contributed by atoms with E-state index in [4.69, 9.17) is 5.11 Å². The van der Waals surface area contributed by atoms with Gasteiger partial charge in [-0.05, 0) is 12.1 Å². The third-order valence-electron chi connectivity index (χ3n) is 2.08. The van der Waals surface area contributed by atoms with Gasteiger partial charge in [-0.2, -0.15) is 0 Å². The van der Waals surface area contributed by atoms with Crippen LogP contribution in [0.5, 0.6) is 0 Å². The SMILES string of the molecule is CN1/C(=C\C(=O)O)Sc2cccc(F)c21. The number of aliphatic carboxylic acids is 1. The van der Waals surface area contributed by atoms with Crippen LogP contribution >= 0.6 is 11.8 Å². The van der Waals surface area contributed by atoms with Crippen molar-refractivity contribution >= 4 is 23.4 Å². The standard InChI is InChI=1S/C10H8FNO2S/c1-12-8(5-9(13)14)15-7-4-2-3-6(11)10(7)12/h2-5H,1H3,(H,13,14)/b8-5+. The van der Waals surface area contributed by atoms with E-state index in [0.717, 1.165) is 11.0 Å². The zero-order valence-electron chi connectivity index (χ0n) is 7.90. The molecule has 1 aliphatic rings. The number of halogens is 1. The molecule has 1 heterocycles. The van der Waals surface area contributed by atoms with Gasteiger partial charge in [0.25, 0.3) is 0 Å². The number of anilines is 1. The van der Waals surface area contributed by atoms with Crippen LogP contribution in [0.1, 0.15) is 0 Å². The maximum absolute atomic E-state index is 13.4. The fraction of sp³-hybridized carbons (Fsp3) is 0.100. The first-order chi connectivity index (χ1) is 7.09. The molecule has 15 heavy (non-hydrogen) atoms. The van der Waals surface area contributed by atoms with Gasteiger partial charge in [0.15, 0.2) is 0 Å². The van der Waals surface area contributed by atoms with E-state index in [1.165, 1.54) is 17.8 Å².